The van der Waals surface area contributed by atoms with Crippen molar-refractivity contribution >= 4 is 11.6 Å². The normalized spacial score (nSPS) is 34.7. The number of hydrogen-bond donors (Lipinski definition) is 0. The highest BCUT2D eigenvalue weighted by Crippen LogP contribution is 2.77. The van der Waals surface area contributed by atoms with Gasteiger partial charge in [0, 0.05) is 23.7 Å². The minimum Gasteiger partial charge on any atom is -0.298 e. The van der Waals surface area contributed by atoms with Crippen molar-refractivity contribution in [2.45, 2.75) is 285 Å². The number of Topliss-reactive ketones (excluding diaryl/α,β-unsaturated/α-hetero) is 2. The molecule has 4 aromatic carbocycles. The molecule has 0 amide bonds. The van der Waals surface area contributed by atoms with Crippen LogP contribution < -0.4 is 0 Å². The highest BCUT2D eigenvalue weighted by Gasteiger charge is 2.72. The SMILES string of the molecule is CC(C)(C)c1cc(C2C(=O)C(c3cc(C(C)(C)C)cc(C(C)(C)C)c3)C3C4CC5C(CC6C7C5CCCC7C5C(c7cc(C(C)(C)C)cc(C(C)(C)C)c7)C(=O)C(c7cc(C(C)(C)C)cc(C(C)(C)C)c7)C65)C5CCCC(C54)C23)cc(C(C)(C)C)c1. The molecule has 0 N–H and O–H groups in total. The van der Waals surface area contributed by atoms with Crippen molar-refractivity contribution in [2.75, 3.05) is 0 Å². The Balaban J connectivity index is 1.03. The second-order valence-corrected chi connectivity index (χ2v) is 39.2. The molecule has 0 saturated heterocycles. The molecule has 0 heterocycles. The van der Waals surface area contributed by atoms with Crippen molar-refractivity contribution in [3.05, 3.63) is 140 Å². The van der Waals surface area contributed by atoms with Crippen molar-refractivity contribution in [3.8, 4) is 0 Å². The van der Waals surface area contributed by atoms with Gasteiger partial charge >= 0.3 is 0 Å². The van der Waals surface area contributed by atoms with E-state index >= 15 is 9.59 Å². The third-order valence-corrected chi connectivity index (χ3v) is 25.7. The Morgan fingerprint density at radius 2 is 0.419 bits per heavy atom. The maximum absolute atomic E-state index is 16.7. The molecule has 18 unspecified atom stereocenters. The van der Waals surface area contributed by atoms with E-state index in [0.717, 1.165) is 0 Å². The number of carbonyl (C=O) groups is 2. The van der Waals surface area contributed by atoms with Crippen LogP contribution in [0, 0.1) is 82.9 Å². The highest BCUT2D eigenvalue weighted by molar-refractivity contribution is 5.96. The van der Waals surface area contributed by atoms with Crippen LogP contribution in [-0.2, 0) is 52.9 Å². The summed E-state index contributed by atoms with van der Waals surface area (Å²) in [4.78, 5) is 33.4. The Morgan fingerprint density at radius 1 is 0.233 bits per heavy atom. The number of carbonyl (C=O) groups excluding carboxylic acids is 2. The summed E-state index contributed by atoms with van der Waals surface area (Å²) in [6, 6.07) is 30.2. The quantitative estimate of drug-likeness (QED) is 0.204. The fraction of sp³-hybridized carbons (Fsp3) is 0.690. The molecule has 2 nitrogen and oxygen atoms in total. The lowest BCUT2D eigenvalue weighted by Gasteiger charge is -2.59. The molecule has 2 heteroatoms. The molecule has 0 aromatic heterocycles. The maximum Gasteiger partial charge on any atom is 0.148 e. The first kappa shape index (κ1) is 62.4. The van der Waals surface area contributed by atoms with Crippen LogP contribution in [-0.4, -0.2) is 11.6 Å². The molecule has 0 bridgehead atoms. The fourth-order valence-electron chi connectivity index (χ4n) is 21.4. The average Bonchev–Trinajstić information content (AvgIpc) is 1.52. The van der Waals surface area contributed by atoms with Gasteiger partial charge in [0.1, 0.15) is 11.6 Å². The summed E-state index contributed by atoms with van der Waals surface area (Å²) in [7, 11) is 0. The minimum absolute atomic E-state index is 0.0393. The molecule has 0 radical (unpaired) electrons. The zero-order valence-electron chi connectivity index (χ0n) is 58.8. The molecule has 466 valence electrons. The second kappa shape index (κ2) is 20.4. The van der Waals surface area contributed by atoms with Crippen LogP contribution in [0.3, 0.4) is 0 Å². The predicted molar refractivity (Wildman–Crippen MR) is 362 cm³/mol. The number of benzene rings is 4. The Hall–Kier alpha value is -3.78. The second-order valence-electron chi connectivity index (χ2n) is 39.2. The molecule has 4 aromatic rings. The molecule has 8 aliphatic rings. The van der Waals surface area contributed by atoms with E-state index in [-0.39, 0.29) is 67.0 Å². The molecule has 0 spiro atoms. The number of hydrogen-bond acceptors (Lipinski definition) is 2. The van der Waals surface area contributed by atoms with Gasteiger partial charge in [-0.3, -0.25) is 9.59 Å². The van der Waals surface area contributed by atoms with Gasteiger partial charge in [-0.05, 0) is 231 Å². The summed E-state index contributed by atoms with van der Waals surface area (Å²) in [5, 5.41) is 0. The van der Waals surface area contributed by atoms with Crippen LogP contribution in [0.5, 0.6) is 0 Å². The van der Waals surface area contributed by atoms with E-state index in [2.05, 4.69) is 239 Å². The minimum atomic E-state index is -0.102. The van der Waals surface area contributed by atoms with E-state index in [1.807, 2.05) is 0 Å². The molecule has 86 heavy (non-hydrogen) atoms. The predicted octanol–water partition coefficient (Wildman–Crippen LogP) is 21.5. The van der Waals surface area contributed by atoms with Crippen molar-refractivity contribution < 1.29 is 9.59 Å². The van der Waals surface area contributed by atoms with Crippen LogP contribution in [0.25, 0.3) is 0 Å². The zero-order chi connectivity index (χ0) is 62.6. The third kappa shape index (κ3) is 10.4. The standard InChI is InChI=1S/C84H118O2/c1-77(2,3)49-31-45(32-50(39-49)78(4,5)6)65-71-59-29-25-27-57-62-44-64-70-58(61(62)43-63(69(57)59)73(71)67(75(65)85)47-35-53(81(13,14)15)41-54(36-47)82(16,17)18)28-26-30-60(70)72-66(46-33-51(79(7,8)9)40-52(34-46)80(10,11)12)76(86)68(74(64)72)48-37-55(83(19,20)21)42-56(38-48)84(22,23)24/h31-42,57-74H,25-30,43-44H2,1-24H3. The van der Waals surface area contributed by atoms with Gasteiger partial charge in [0.15, 0.2) is 0 Å². The van der Waals surface area contributed by atoms with Gasteiger partial charge in [-0.1, -0.05) is 252 Å². The van der Waals surface area contributed by atoms with Crippen LogP contribution in [0.4, 0.5) is 0 Å². The van der Waals surface area contributed by atoms with Gasteiger partial charge in [0.05, 0.1) is 0 Å². The Labute approximate surface area is 525 Å². The monoisotopic (exact) mass is 1160 g/mol. The van der Waals surface area contributed by atoms with Crippen molar-refractivity contribution in [1.82, 2.24) is 0 Å². The molecule has 0 aliphatic heterocycles. The molecule has 8 saturated carbocycles. The lowest BCUT2D eigenvalue weighted by Crippen LogP contribution is -2.53. The smallest absolute Gasteiger partial charge is 0.148 e. The summed E-state index contributed by atoms with van der Waals surface area (Å²) >= 11 is 0. The summed E-state index contributed by atoms with van der Waals surface area (Å²) in [6.07, 6.45) is 10.4. The lowest BCUT2D eigenvalue weighted by atomic mass is 9.46. The first-order chi connectivity index (χ1) is 39.5. The van der Waals surface area contributed by atoms with Crippen LogP contribution >= 0.6 is 0 Å². The van der Waals surface area contributed by atoms with Crippen LogP contribution in [0.15, 0.2) is 72.8 Å². The van der Waals surface area contributed by atoms with Gasteiger partial charge in [0.2, 0.25) is 0 Å². The molecular formula is C84H118O2. The van der Waals surface area contributed by atoms with Crippen molar-refractivity contribution in [1.29, 1.82) is 0 Å². The van der Waals surface area contributed by atoms with Gasteiger partial charge in [-0.2, -0.15) is 0 Å². The Kier molecular flexibility index (Phi) is 14.8. The molecule has 18 atom stereocenters. The first-order valence-corrected chi connectivity index (χ1v) is 35.2. The van der Waals surface area contributed by atoms with E-state index in [9.17, 15) is 0 Å². The lowest BCUT2D eigenvalue weighted by molar-refractivity contribution is -0.127. The molecular weight excluding hydrogens is 1040 g/mol. The van der Waals surface area contributed by atoms with E-state index < -0.39 is 0 Å². The van der Waals surface area contributed by atoms with Gasteiger partial charge < -0.3 is 0 Å². The first-order valence-electron chi connectivity index (χ1n) is 35.2. The molecule has 12 rings (SSSR count). The number of ketones is 2. The topological polar surface area (TPSA) is 34.1 Å². The highest BCUT2D eigenvalue weighted by atomic mass is 16.1. The largest absolute Gasteiger partial charge is 0.298 e. The molecule has 8 aliphatic carbocycles. The average molecular weight is 1160 g/mol. The zero-order valence-corrected chi connectivity index (χ0v) is 58.8. The van der Waals surface area contributed by atoms with Gasteiger partial charge in [-0.25, -0.2) is 0 Å². The van der Waals surface area contributed by atoms with Crippen LogP contribution in [0.1, 0.15) is 308 Å². The Bertz CT molecular complexity index is 2950. The maximum atomic E-state index is 16.7. The van der Waals surface area contributed by atoms with E-state index in [4.69, 9.17) is 0 Å². The van der Waals surface area contributed by atoms with E-state index in [0.29, 0.717) is 94.4 Å². The van der Waals surface area contributed by atoms with Crippen molar-refractivity contribution in [3.63, 3.8) is 0 Å². The third-order valence-electron chi connectivity index (χ3n) is 25.7. The molecule has 8 fully saturated rings. The summed E-state index contributed by atoms with van der Waals surface area (Å²) in [5.41, 5.74) is 16.0. The fourth-order valence-corrected chi connectivity index (χ4v) is 21.4. The Morgan fingerprint density at radius 3 is 0.616 bits per heavy atom. The number of rotatable bonds is 4. The van der Waals surface area contributed by atoms with Crippen LogP contribution in [0.2, 0.25) is 0 Å². The van der Waals surface area contributed by atoms with E-state index in [1.54, 1.807) is 0 Å². The summed E-state index contributed by atoms with van der Waals surface area (Å²) in [6.45, 7) is 57.1. The van der Waals surface area contributed by atoms with Gasteiger partial charge in [0.25, 0.3) is 0 Å². The number of fused-ring (bicyclic) bond motifs is 9. The van der Waals surface area contributed by atoms with E-state index in [1.165, 1.54) is 118 Å². The summed E-state index contributed by atoms with van der Waals surface area (Å²) < 4.78 is 0. The van der Waals surface area contributed by atoms with Gasteiger partial charge in [-0.15, -0.1) is 0 Å². The van der Waals surface area contributed by atoms with Crippen molar-refractivity contribution in [2.24, 2.45) is 82.9 Å². The summed E-state index contributed by atoms with van der Waals surface area (Å²) in [5.74, 6) is 8.25.